The molecule has 0 radical (unpaired) electrons. The molecule has 0 atom stereocenters. The second-order valence-corrected chi connectivity index (χ2v) is 6.17. The molecule has 2 N–H and O–H groups in total. The van der Waals surface area contributed by atoms with Gasteiger partial charge in [0.05, 0.1) is 11.6 Å². The predicted octanol–water partition coefficient (Wildman–Crippen LogP) is 1.38. The Morgan fingerprint density at radius 3 is 2.76 bits per heavy atom. The van der Waals surface area contributed by atoms with Crippen LogP contribution in [0.1, 0.15) is 24.3 Å². The maximum atomic E-state index is 12.0. The standard InChI is InChI=1S/C13H16N4O3S/c1-13(2,12(19)20)7-14-10(18)9-6-21-11(16-9)8-4-15-17(3)5-8/h4-6H,7H2,1-3H3,(H,14,18)(H,19,20). The van der Waals surface area contributed by atoms with E-state index in [4.69, 9.17) is 5.11 Å². The van der Waals surface area contributed by atoms with Crippen molar-refractivity contribution in [2.24, 2.45) is 12.5 Å². The number of nitrogens with zero attached hydrogens (tertiary/aromatic N) is 3. The highest BCUT2D eigenvalue weighted by molar-refractivity contribution is 7.13. The SMILES string of the molecule is Cn1cc(-c2nc(C(=O)NCC(C)(C)C(=O)O)cs2)cn1. The summed E-state index contributed by atoms with van der Waals surface area (Å²) in [5, 5.41) is 18.0. The molecule has 2 rings (SSSR count). The van der Waals surface area contributed by atoms with Crippen molar-refractivity contribution in [3.05, 3.63) is 23.5 Å². The van der Waals surface area contributed by atoms with Crippen molar-refractivity contribution in [2.45, 2.75) is 13.8 Å². The molecule has 8 heteroatoms. The quantitative estimate of drug-likeness (QED) is 0.870. The zero-order valence-electron chi connectivity index (χ0n) is 12.0. The van der Waals surface area contributed by atoms with Crippen LogP contribution in [0.15, 0.2) is 17.8 Å². The molecular weight excluding hydrogens is 292 g/mol. The van der Waals surface area contributed by atoms with E-state index in [-0.39, 0.29) is 18.1 Å². The van der Waals surface area contributed by atoms with E-state index in [9.17, 15) is 9.59 Å². The van der Waals surface area contributed by atoms with Crippen molar-refractivity contribution in [1.29, 1.82) is 0 Å². The molecule has 7 nitrogen and oxygen atoms in total. The van der Waals surface area contributed by atoms with Crippen LogP contribution < -0.4 is 5.32 Å². The predicted molar refractivity (Wildman–Crippen MR) is 78.1 cm³/mol. The van der Waals surface area contributed by atoms with Gasteiger partial charge in [-0.1, -0.05) is 0 Å². The number of amides is 1. The van der Waals surface area contributed by atoms with Crippen molar-refractivity contribution in [3.63, 3.8) is 0 Å². The molecule has 1 amide bonds. The van der Waals surface area contributed by atoms with Gasteiger partial charge in [-0.05, 0) is 13.8 Å². The molecule has 0 unspecified atom stereocenters. The summed E-state index contributed by atoms with van der Waals surface area (Å²) < 4.78 is 1.66. The van der Waals surface area contributed by atoms with Crippen molar-refractivity contribution in [3.8, 4) is 10.6 Å². The van der Waals surface area contributed by atoms with Gasteiger partial charge in [0.25, 0.3) is 5.91 Å². The molecule has 112 valence electrons. The van der Waals surface area contributed by atoms with Gasteiger partial charge in [0.1, 0.15) is 10.7 Å². The van der Waals surface area contributed by atoms with Gasteiger partial charge in [0.15, 0.2) is 0 Å². The van der Waals surface area contributed by atoms with Gasteiger partial charge >= 0.3 is 5.97 Å². The van der Waals surface area contributed by atoms with Crippen LogP contribution in [0.2, 0.25) is 0 Å². The number of aromatic nitrogens is 3. The van der Waals surface area contributed by atoms with Crippen LogP contribution in [-0.2, 0) is 11.8 Å². The highest BCUT2D eigenvalue weighted by Gasteiger charge is 2.28. The minimum Gasteiger partial charge on any atom is -0.481 e. The highest BCUT2D eigenvalue weighted by atomic mass is 32.1. The largest absolute Gasteiger partial charge is 0.481 e. The van der Waals surface area contributed by atoms with Gasteiger partial charge in [0.2, 0.25) is 0 Å². The minimum atomic E-state index is -1.02. The highest BCUT2D eigenvalue weighted by Crippen LogP contribution is 2.23. The summed E-state index contributed by atoms with van der Waals surface area (Å²) in [6, 6.07) is 0. The lowest BCUT2D eigenvalue weighted by atomic mass is 9.94. The maximum Gasteiger partial charge on any atom is 0.310 e. The number of aryl methyl sites for hydroxylation is 1. The van der Waals surface area contributed by atoms with Gasteiger partial charge in [-0.3, -0.25) is 14.3 Å². The smallest absolute Gasteiger partial charge is 0.310 e. The van der Waals surface area contributed by atoms with Gasteiger partial charge in [-0.2, -0.15) is 5.10 Å². The molecular formula is C13H16N4O3S. The first-order chi connectivity index (χ1) is 9.79. The zero-order valence-corrected chi connectivity index (χ0v) is 12.8. The van der Waals surface area contributed by atoms with Gasteiger partial charge in [0, 0.05) is 30.7 Å². The Balaban J connectivity index is 2.04. The van der Waals surface area contributed by atoms with Crippen LogP contribution in [-0.4, -0.2) is 38.3 Å². The van der Waals surface area contributed by atoms with E-state index in [1.54, 1.807) is 37.2 Å². The average molecular weight is 308 g/mol. The van der Waals surface area contributed by atoms with Crippen molar-refractivity contribution in [1.82, 2.24) is 20.1 Å². The molecule has 0 spiro atoms. The fourth-order valence-corrected chi connectivity index (χ4v) is 2.29. The number of carboxylic acid groups (broad SMARTS) is 1. The van der Waals surface area contributed by atoms with E-state index in [0.29, 0.717) is 5.01 Å². The van der Waals surface area contributed by atoms with Crippen LogP contribution in [0, 0.1) is 5.41 Å². The van der Waals surface area contributed by atoms with E-state index < -0.39 is 11.4 Å². The lowest BCUT2D eigenvalue weighted by Gasteiger charge is -2.18. The molecule has 2 heterocycles. The van der Waals surface area contributed by atoms with Gasteiger partial charge < -0.3 is 10.4 Å². The monoisotopic (exact) mass is 308 g/mol. The van der Waals surface area contributed by atoms with E-state index in [2.05, 4.69) is 15.4 Å². The van der Waals surface area contributed by atoms with Gasteiger partial charge in [-0.15, -0.1) is 11.3 Å². The molecule has 0 fully saturated rings. The van der Waals surface area contributed by atoms with Crippen molar-refractivity contribution in [2.75, 3.05) is 6.54 Å². The normalized spacial score (nSPS) is 11.4. The van der Waals surface area contributed by atoms with E-state index in [1.165, 1.54) is 11.3 Å². The Hall–Kier alpha value is -2.22. The third kappa shape index (κ3) is 3.46. The molecule has 0 aliphatic heterocycles. The summed E-state index contributed by atoms with van der Waals surface area (Å²) >= 11 is 1.34. The number of rotatable bonds is 5. The van der Waals surface area contributed by atoms with Gasteiger partial charge in [-0.25, -0.2) is 4.98 Å². The lowest BCUT2D eigenvalue weighted by Crippen LogP contribution is -2.39. The molecule has 0 aliphatic carbocycles. The molecule has 2 aromatic rings. The van der Waals surface area contributed by atoms with Crippen LogP contribution in [0.3, 0.4) is 0 Å². The van der Waals surface area contributed by atoms with Crippen molar-refractivity contribution >= 4 is 23.2 Å². The summed E-state index contributed by atoms with van der Waals surface area (Å²) in [4.78, 5) is 27.2. The van der Waals surface area contributed by atoms with Crippen LogP contribution in [0.5, 0.6) is 0 Å². The lowest BCUT2D eigenvalue weighted by molar-refractivity contribution is -0.146. The summed E-state index contributed by atoms with van der Waals surface area (Å²) in [6.07, 6.45) is 3.49. The summed E-state index contributed by atoms with van der Waals surface area (Å²) in [7, 11) is 1.80. The first kappa shape index (κ1) is 15.2. The van der Waals surface area contributed by atoms with E-state index in [1.807, 2.05) is 6.20 Å². The van der Waals surface area contributed by atoms with Crippen molar-refractivity contribution < 1.29 is 14.7 Å². The first-order valence-corrected chi connectivity index (χ1v) is 7.14. The molecule has 0 saturated carbocycles. The molecule has 2 aromatic heterocycles. The van der Waals surface area contributed by atoms with Crippen LogP contribution in [0.4, 0.5) is 0 Å². The second-order valence-electron chi connectivity index (χ2n) is 5.31. The third-order valence-electron chi connectivity index (χ3n) is 2.96. The summed E-state index contributed by atoms with van der Waals surface area (Å²) in [5.74, 6) is -1.34. The minimum absolute atomic E-state index is 0.0426. The maximum absolute atomic E-state index is 12.0. The topological polar surface area (TPSA) is 97.1 Å². The Kier molecular flexibility index (Phi) is 4.08. The first-order valence-electron chi connectivity index (χ1n) is 6.26. The summed E-state index contributed by atoms with van der Waals surface area (Å²) in [5.41, 5.74) is 0.102. The second kappa shape index (κ2) is 5.65. The molecule has 0 saturated heterocycles. The number of carboxylic acids is 1. The zero-order chi connectivity index (χ0) is 15.6. The number of carbonyl (C=O) groups excluding carboxylic acids is 1. The number of aliphatic carboxylic acids is 1. The number of nitrogens with one attached hydrogen (secondary N) is 1. The molecule has 0 aromatic carbocycles. The van der Waals surface area contributed by atoms with E-state index >= 15 is 0 Å². The van der Waals surface area contributed by atoms with E-state index in [0.717, 1.165) is 5.56 Å². The number of hydrogen-bond acceptors (Lipinski definition) is 5. The Morgan fingerprint density at radius 1 is 1.48 bits per heavy atom. The Morgan fingerprint density at radius 2 is 2.19 bits per heavy atom. The fourth-order valence-electron chi connectivity index (χ4n) is 1.51. The molecule has 0 aliphatic rings. The number of hydrogen-bond donors (Lipinski definition) is 2. The Bertz CT molecular complexity index is 675. The van der Waals surface area contributed by atoms with Crippen LogP contribution >= 0.6 is 11.3 Å². The summed E-state index contributed by atoms with van der Waals surface area (Å²) in [6.45, 7) is 3.15. The van der Waals surface area contributed by atoms with Crippen LogP contribution in [0.25, 0.3) is 10.6 Å². The fraction of sp³-hybridized carbons (Fsp3) is 0.385. The molecule has 0 bridgehead atoms. The number of thiazole rings is 1. The molecule has 21 heavy (non-hydrogen) atoms. The Labute approximate surface area is 125 Å². The number of carbonyl (C=O) groups is 2. The average Bonchev–Trinajstić information content (AvgIpc) is 3.04. The third-order valence-corrected chi connectivity index (χ3v) is 3.85.